The van der Waals surface area contributed by atoms with Crippen LogP contribution in [0.25, 0.3) is 0 Å². The second-order valence-electron chi connectivity index (χ2n) is 9.41. The Morgan fingerprint density at radius 3 is 2.31 bits per heavy atom. The van der Waals surface area contributed by atoms with Crippen LogP contribution in [0, 0.1) is 35.5 Å². The first-order valence-electron chi connectivity index (χ1n) is 11.6. The summed E-state index contributed by atoms with van der Waals surface area (Å²) in [7, 11) is 3.13. The minimum absolute atomic E-state index is 0.0348. The van der Waals surface area contributed by atoms with E-state index >= 15 is 0 Å². The molecule has 5 aliphatic rings. The molecular formula is C25H30N2O5. The molecule has 170 valence electrons. The van der Waals surface area contributed by atoms with E-state index in [1.54, 1.807) is 32.4 Å². The molecule has 1 N–H and O–H groups in total. The molecule has 2 saturated carbocycles. The summed E-state index contributed by atoms with van der Waals surface area (Å²) in [5, 5.41) is 2.87. The third-order valence-corrected chi connectivity index (χ3v) is 7.72. The normalized spacial score (nSPS) is 31.4. The van der Waals surface area contributed by atoms with Gasteiger partial charge in [0, 0.05) is 19.0 Å². The number of methoxy groups -OCH3 is 2. The van der Waals surface area contributed by atoms with Crippen LogP contribution in [-0.4, -0.2) is 43.4 Å². The number of carbonyl (C=O) groups excluding carboxylic acids is 3. The minimum atomic E-state index is -0.120. The molecule has 32 heavy (non-hydrogen) atoms. The zero-order valence-electron chi connectivity index (χ0n) is 18.6. The highest BCUT2D eigenvalue weighted by Crippen LogP contribution is 2.65. The summed E-state index contributed by atoms with van der Waals surface area (Å²) >= 11 is 0. The van der Waals surface area contributed by atoms with Crippen molar-refractivity contribution in [1.29, 1.82) is 0 Å². The van der Waals surface area contributed by atoms with Gasteiger partial charge < -0.3 is 14.8 Å². The highest BCUT2D eigenvalue weighted by atomic mass is 16.5. The number of nitrogens with zero attached hydrogens (tertiary/aromatic N) is 1. The zero-order chi connectivity index (χ0) is 22.4. The van der Waals surface area contributed by atoms with E-state index in [9.17, 15) is 14.4 Å². The molecule has 7 nitrogen and oxygen atoms in total. The molecule has 7 heteroatoms. The van der Waals surface area contributed by atoms with Crippen LogP contribution < -0.4 is 14.8 Å². The zero-order valence-corrected chi connectivity index (χ0v) is 18.6. The molecule has 1 heterocycles. The molecule has 3 fully saturated rings. The first-order chi connectivity index (χ1) is 15.5. The molecule has 0 spiro atoms. The van der Waals surface area contributed by atoms with E-state index in [1.807, 2.05) is 0 Å². The molecule has 0 radical (unpaired) electrons. The number of hydrogen-bond donors (Lipinski definition) is 1. The third kappa shape index (κ3) is 3.48. The molecule has 4 aliphatic carbocycles. The molecule has 3 amide bonds. The molecule has 2 bridgehead atoms. The lowest BCUT2D eigenvalue weighted by molar-refractivity contribution is -0.140. The highest BCUT2D eigenvalue weighted by Gasteiger charge is 2.66. The van der Waals surface area contributed by atoms with Crippen LogP contribution in [0.15, 0.2) is 30.4 Å². The van der Waals surface area contributed by atoms with E-state index in [2.05, 4.69) is 17.5 Å². The Balaban J connectivity index is 1.08. The van der Waals surface area contributed by atoms with Crippen LogP contribution in [0.3, 0.4) is 0 Å². The lowest BCUT2D eigenvalue weighted by Gasteiger charge is -2.37. The maximum Gasteiger partial charge on any atom is 0.233 e. The topological polar surface area (TPSA) is 84.9 Å². The van der Waals surface area contributed by atoms with E-state index < -0.39 is 0 Å². The Kier molecular flexibility index (Phi) is 5.43. The number of nitrogens with one attached hydrogen (secondary N) is 1. The lowest BCUT2D eigenvalue weighted by Crippen LogP contribution is -2.40. The van der Waals surface area contributed by atoms with Crippen LogP contribution >= 0.6 is 0 Å². The maximum absolute atomic E-state index is 13.0. The summed E-state index contributed by atoms with van der Waals surface area (Å²) in [5.74, 6) is 2.75. The Morgan fingerprint density at radius 2 is 1.69 bits per heavy atom. The van der Waals surface area contributed by atoms with E-state index in [-0.39, 0.29) is 41.4 Å². The molecule has 1 aromatic carbocycles. The van der Waals surface area contributed by atoms with Crippen molar-refractivity contribution in [3.63, 3.8) is 0 Å². The number of carbonyl (C=O) groups is 3. The van der Waals surface area contributed by atoms with Crippen LogP contribution in [0.5, 0.6) is 11.5 Å². The number of allylic oxidation sites excluding steroid dienone is 2. The van der Waals surface area contributed by atoms with Crippen molar-refractivity contribution >= 4 is 23.4 Å². The SMILES string of the molecule is COc1ccc(OC)c(NC(=O)CCCCCN2C(=O)C3C4C=CC(C5CC45)C3C2=O)c1. The summed E-state index contributed by atoms with van der Waals surface area (Å²) in [5.41, 5.74) is 0.578. The van der Waals surface area contributed by atoms with E-state index in [0.29, 0.717) is 48.4 Å². The Labute approximate surface area is 188 Å². The maximum atomic E-state index is 13.0. The van der Waals surface area contributed by atoms with Crippen molar-refractivity contribution in [3.05, 3.63) is 30.4 Å². The standard InChI is InChI=1S/C25H30N2O5/c1-31-14-7-10-20(32-2)19(12-14)26-21(28)6-4-3-5-11-27-24(29)22-15-8-9-16(18-13-17(15)18)23(22)25(27)30/h7-10,12,15-18,22-23H,3-6,11,13H2,1-2H3,(H,26,28). The summed E-state index contributed by atoms with van der Waals surface area (Å²) in [6.07, 6.45) is 8.14. The predicted molar refractivity (Wildman–Crippen MR) is 118 cm³/mol. The van der Waals surface area contributed by atoms with E-state index in [1.165, 1.54) is 11.3 Å². The molecule has 1 aliphatic heterocycles. The highest BCUT2D eigenvalue weighted by molar-refractivity contribution is 6.06. The molecule has 6 rings (SSSR count). The van der Waals surface area contributed by atoms with Gasteiger partial charge in [-0.05, 0) is 55.1 Å². The fourth-order valence-corrected chi connectivity index (χ4v) is 6.10. The van der Waals surface area contributed by atoms with Crippen molar-refractivity contribution in [3.8, 4) is 11.5 Å². The van der Waals surface area contributed by atoms with Gasteiger partial charge in [-0.25, -0.2) is 0 Å². The smallest absolute Gasteiger partial charge is 0.233 e. The first kappa shape index (κ1) is 21.0. The number of unbranched alkanes of at least 4 members (excludes halogenated alkanes) is 2. The molecule has 6 unspecified atom stereocenters. The average Bonchev–Trinajstić information content (AvgIpc) is 3.58. The van der Waals surface area contributed by atoms with Gasteiger partial charge in [-0.15, -0.1) is 0 Å². The van der Waals surface area contributed by atoms with Gasteiger partial charge in [0.1, 0.15) is 11.5 Å². The number of rotatable bonds is 9. The number of ether oxygens (including phenoxy) is 2. The number of anilines is 1. The molecular weight excluding hydrogens is 408 g/mol. The van der Waals surface area contributed by atoms with Crippen LogP contribution in [-0.2, 0) is 14.4 Å². The predicted octanol–water partition coefficient (Wildman–Crippen LogP) is 3.26. The summed E-state index contributed by atoms with van der Waals surface area (Å²) < 4.78 is 10.5. The molecule has 0 aromatic heterocycles. The second kappa shape index (κ2) is 8.26. The van der Waals surface area contributed by atoms with Crippen molar-refractivity contribution < 1.29 is 23.9 Å². The van der Waals surface area contributed by atoms with Crippen molar-refractivity contribution in [2.75, 3.05) is 26.1 Å². The largest absolute Gasteiger partial charge is 0.497 e. The quantitative estimate of drug-likeness (QED) is 0.363. The van der Waals surface area contributed by atoms with Crippen molar-refractivity contribution in [2.45, 2.75) is 32.1 Å². The number of hydrogen-bond acceptors (Lipinski definition) is 5. The third-order valence-electron chi connectivity index (χ3n) is 7.72. The number of imide groups is 1. The Hall–Kier alpha value is -2.83. The van der Waals surface area contributed by atoms with Gasteiger partial charge in [0.05, 0.1) is 31.7 Å². The van der Waals surface area contributed by atoms with Gasteiger partial charge in [-0.1, -0.05) is 18.6 Å². The molecule has 6 atom stereocenters. The van der Waals surface area contributed by atoms with E-state index in [0.717, 1.165) is 12.8 Å². The molecule has 1 saturated heterocycles. The Morgan fingerprint density at radius 1 is 1.00 bits per heavy atom. The van der Waals surface area contributed by atoms with Crippen LogP contribution in [0.1, 0.15) is 32.1 Å². The Bertz CT molecular complexity index is 937. The summed E-state index contributed by atoms with van der Waals surface area (Å²) in [6.45, 7) is 0.463. The summed E-state index contributed by atoms with van der Waals surface area (Å²) in [6, 6.07) is 5.25. The molecule has 1 aromatic rings. The number of benzene rings is 1. The monoisotopic (exact) mass is 438 g/mol. The van der Waals surface area contributed by atoms with Crippen LogP contribution in [0.2, 0.25) is 0 Å². The minimum Gasteiger partial charge on any atom is -0.497 e. The van der Waals surface area contributed by atoms with Crippen molar-refractivity contribution in [2.24, 2.45) is 35.5 Å². The van der Waals surface area contributed by atoms with Gasteiger partial charge in [0.2, 0.25) is 17.7 Å². The second-order valence-corrected chi connectivity index (χ2v) is 9.41. The summed E-state index contributed by atoms with van der Waals surface area (Å²) in [4.78, 5) is 39.8. The first-order valence-corrected chi connectivity index (χ1v) is 11.6. The number of likely N-dealkylation sites (tertiary alicyclic amines) is 1. The fourth-order valence-electron chi connectivity index (χ4n) is 6.10. The van der Waals surface area contributed by atoms with Gasteiger partial charge >= 0.3 is 0 Å². The van der Waals surface area contributed by atoms with Gasteiger partial charge in [-0.2, -0.15) is 0 Å². The fraction of sp³-hybridized carbons (Fsp3) is 0.560. The van der Waals surface area contributed by atoms with Crippen molar-refractivity contribution in [1.82, 2.24) is 4.90 Å². The number of amides is 3. The average molecular weight is 439 g/mol. The van der Waals surface area contributed by atoms with Crippen LogP contribution in [0.4, 0.5) is 5.69 Å². The van der Waals surface area contributed by atoms with Gasteiger partial charge in [0.15, 0.2) is 0 Å². The van der Waals surface area contributed by atoms with Gasteiger partial charge in [0.25, 0.3) is 0 Å². The van der Waals surface area contributed by atoms with Gasteiger partial charge in [-0.3, -0.25) is 19.3 Å². The van der Waals surface area contributed by atoms with E-state index in [4.69, 9.17) is 9.47 Å². The lowest BCUT2D eigenvalue weighted by atomic mass is 9.63.